The first kappa shape index (κ1) is 12.7. The number of phenols is 1. The molecule has 3 N–H and O–H groups in total. The number of amides is 2. The molecule has 1 aromatic carbocycles. The quantitative estimate of drug-likeness (QED) is 0.617. The lowest BCUT2D eigenvalue weighted by molar-refractivity contribution is -0.124. The zero-order chi connectivity index (χ0) is 12.8. The van der Waals surface area contributed by atoms with Crippen molar-refractivity contribution >= 4 is 17.8 Å². The minimum absolute atomic E-state index is 0.0741. The molecule has 0 bridgehead atoms. The molecular weight excluding hydrogens is 226 g/mol. The van der Waals surface area contributed by atoms with Gasteiger partial charge in [0.2, 0.25) is 11.8 Å². The van der Waals surface area contributed by atoms with Crippen molar-refractivity contribution in [2.24, 2.45) is 0 Å². The third kappa shape index (κ3) is 4.33. The maximum absolute atomic E-state index is 10.2. The van der Waals surface area contributed by atoms with Crippen LogP contribution in [0.3, 0.4) is 0 Å². The van der Waals surface area contributed by atoms with Crippen LogP contribution in [0.4, 0.5) is 0 Å². The Morgan fingerprint density at radius 2 is 1.53 bits per heavy atom. The van der Waals surface area contributed by atoms with E-state index in [0.717, 1.165) is 0 Å². The summed E-state index contributed by atoms with van der Waals surface area (Å²) < 4.78 is 0. The summed E-state index contributed by atoms with van der Waals surface area (Å²) >= 11 is 0. The molecule has 1 aliphatic rings. The SMILES string of the molecule is O=C(O)c1ccc(O)cc1.O=C1CCC(=O)N1. The molecule has 1 saturated heterocycles. The number of benzene rings is 1. The number of carbonyl (C=O) groups excluding carboxylic acids is 2. The number of phenolic OH excluding ortho intramolecular Hbond substituents is 1. The molecule has 2 amide bonds. The van der Waals surface area contributed by atoms with Crippen molar-refractivity contribution in [3.8, 4) is 5.75 Å². The average molecular weight is 237 g/mol. The number of carboxylic acids is 1. The van der Waals surface area contributed by atoms with Crippen LogP contribution in [0.2, 0.25) is 0 Å². The van der Waals surface area contributed by atoms with Crippen LogP contribution in [-0.4, -0.2) is 28.0 Å². The Morgan fingerprint density at radius 1 is 1.06 bits per heavy atom. The van der Waals surface area contributed by atoms with Gasteiger partial charge in [-0.1, -0.05) is 0 Å². The van der Waals surface area contributed by atoms with Gasteiger partial charge in [0, 0.05) is 12.8 Å². The maximum atomic E-state index is 10.2. The summed E-state index contributed by atoms with van der Waals surface area (Å²) in [7, 11) is 0. The normalized spacial score (nSPS) is 13.6. The van der Waals surface area contributed by atoms with Gasteiger partial charge in [-0.05, 0) is 24.3 Å². The molecule has 17 heavy (non-hydrogen) atoms. The van der Waals surface area contributed by atoms with Gasteiger partial charge < -0.3 is 10.2 Å². The zero-order valence-electron chi connectivity index (χ0n) is 8.84. The maximum Gasteiger partial charge on any atom is 0.335 e. The lowest BCUT2D eigenvalue weighted by atomic mass is 10.2. The van der Waals surface area contributed by atoms with E-state index in [2.05, 4.69) is 5.32 Å². The summed E-state index contributed by atoms with van der Waals surface area (Å²) in [4.78, 5) is 30.5. The fourth-order valence-corrected chi connectivity index (χ4v) is 1.11. The molecule has 0 aromatic heterocycles. The van der Waals surface area contributed by atoms with E-state index in [-0.39, 0.29) is 23.1 Å². The second kappa shape index (κ2) is 5.64. The smallest absolute Gasteiger partial charge is 0.335 e. The van der Waals surface area contributed by atoms with Crippen LogP contribution in [0.25, 0.3) is 0 Å². The number of imide groups is 1. The Bertz CT molecular complexity index is 424. The largest absolute Gasteiger partial charge is 0.508 e. The highest BCUT2D eigenvalue weighted by Gasteiger charge is 2.15. The van der Waals surface area contributed by atoms with Gasteiger partial charge in [0.25, 0.3) is 0 Å². The average Bonchev–Trinajstić information content (AvgIpc) is 2.64. The standard InChI is InChI=1S/C7H6O3.C4H5NO2/c8-6-3-1-5(2-4-6)7(9)10;6-3-1-2-4(7)5-3/h1-4,8H,(H,9,10);1-2H2,(H,5,6,7). The highest BCUT2D eigenvalue weighted by molar-refractivity contribution is 6.01. The third-order valence-corrected chi connectivity index (χ3v) is 1.97. The number of carboxylic acid groups (broad SMARTS) is 1. The first-order chi connectivity index (χ1) is 7.99. The Morgan fingerprint density at radius 3 is 1.82 bits per heavy atom. The number of aromatic hydroxyl groups is 1. The predicted molar refractivity (Wildman–Crippen MR) is 57.4 cm³/mol. The van der Waals surface area contributed by atoms with E-state index < -0.39 is 5.97 Å². The minimum Gasteiger partial charge on any atom is -0.508 e. The lowest BCUT2D eigenvalue weighted by Crippen LogP contribution is -2.18. The van der Waals surface area contributed by atoms with Crippen molar-refractivity contribution < 1.29 is 24.6 Å². The van der Waals surface area contributed by atoms with Gasteiger partial charge in [0.15, 0.2) is 0 Å². The molecule has 1 aromatic rings. The van der Waals surface area contributed by atoms with Crippen LogP contribution in [0.15, 0.2) is 24.3 Å². The topological polar surface area (TPSA) is 104 Å². The van der Waals surface area contributed by atoms with E-state index >= 15 is 0 Å². The van der Waals surface area contributed by atoms with E-state index in [1.165, 1.54) is 24.3 Å². The van der Waals surface area contributed by atoms with Crippen LogP contribution in [0.1, 0.15) is 23.2 Å². The van der Waals surface area contributed by atoms with E-state index in [4.69, 9.17) is 10.2 Å². The van der Waals surface area contributed by atoms with Crippen molar-refractivity contribution in [2.75, 3.05) is 0 Å². The van der Waals surface area contributed by atoms with Crippen molar-refractivity contribution in [1.82, 2.24) is 5.32 Å². The summed E-state index contributed by atoms with van der Waals surface area (Å²) in [5, 5.41) is 19.3. The molecule has 1 fully saturated rings. The van der Waals surface area contributed by atoms with Crippen molar-refractivity contribution in [1.29, 1.82) is 0 Å². The van der Waals surface area contributed by atoms with Crippen molar-refractivity contribution in [2.45, 2.75) is 12.8 Å². The zero-order valence-corrected chi connectivity index (χ0v) is 8.84. The summed E-state index contributed by atoms with van der Waals surface area (Å²) in [5.41, 5.74) is 0.179. The lowest BCUT2D eigenvalue weighted by Gasteiger charge is -1.92. The van der Waals surface area contributed by atoms with Crippen LogP contribution in [0.5, 0.6) is 5.75 Å². The first-order valence-electron chi connectivity index (χ1n) is 4.84. The van der Waals surface area contributed by atoms with Gasteiger partial charge in [0.05, 0.1) is 5.56 Å². The molecular formula is C11H11NO5. The van der Waals surface area contributed by atoms with Gasteiger partial charge >= 0.3 is 5.97 Å². The van der Waals surface area contributed by atoms with E-state index in [1.807, 2.05) is 0 Å². The van der Waals surface area contributed by atoms with Crippen LogP contribution >= 0.6 is 0 Å². The molecule has 0 saturated carbocycles. The van der Waals surface area contributed by atoms with Gasteiger partial charge in [-0.2, -0.15) is 0 Å². The van der Waals surface area contributed by atoms with E-state index in [1.54, 1.807) is 0 Å². The second-order valence-electron chi connectivity index (χ2n) is 3.32. The first-order valence-corrected chi connectivity index (χ1v) is 4.84. The molecule has 6 heteroatoms. The molecule has 0 radical (unpaired) electrons. The Hall–Kier alpha value is -2.37. The molecule has 2 rings (SSSR count). The molecule has 0 spiro atoms. The van der Waals surface area contributed by atoms with Gasteiger partial charge in [-0.25, -0.2) is 4.79 Å². The highest BCUT2D eigenvalue weighted by atomic mass is 16.4. The monoisotopic (exact) mass is 237 g/mol. The van der Waals surface area contributed by atoms with Gasteiger partial charge in [-0.15, -0.1) is 0 Å². The molecule has 0 atom stereocenters. The van der Waals surface area contributed by atoms with Crippen molar-refractivity contribution in [3.05, 3.63) is 29.8 Å². The molecule has 90 valence electrons. The minimum atomic E-state index is -0.986. The second-order valence-corrected chi connectivity index (χ2v) is 3.32. The Kier molecular flexibility index (Phi) is 4.21. The fraction of sp³-hybridized carbons (Fsp3) is 0.182. The van der Waals surface area contributed by atoms with E-state index in [0.29, 0.717) is 12.8 Å². The Labute approximate surface area is 96.9 Å². The predicted octanol–water partition coefficient (Wildman–Crippen LogP) is 0.513. The third-order valence-electron chi connectivity index (χ3n) is 1.97. The number of carbonyl (C=O) groups is 3. The number of hydrogen-bond acceptors (Lipinski definition) is 4. The summed E-state index contributed by atoms with van der Waals surface area (Å²) in [5.74, 6) is -1.21. The molecule has 0 unspecified atom stereocenters. The summed E-state index contributed by atoms with van der Waals surface area (Å²) in [6.45, 7) is 0. The molecule has 1 heterocycles. The number of hydrogen-bond donors (Lipinski definition) is 3. The molecule has 1 aliphatic heterocycles. The van der Waals surface area contributed by atoms with Crippen LogP contribution in [0, 0.1) is 0 Å². The number of rotatable bonds is 1. The van der Waals surface area contributed by atoms with E-state index in [9.17, 15) is 14.4 Å². The number of nitrogens with one attached hydrogen (secondary N) is 1. The number of aromatic carboxylic acids is 1. The van der Waals surface area contributed by atoms with Crippen LogP contribution in [-0.2, 0) is 9.59 Å². The van der Waals surface area contributed by atoms with Crippen LogP contribution < -0.4 is 5.32 Å². The summed E-state index contributed by atoms with van der Waals surface area (Å²) in [6, 6.07) is 5.36. The summed E-state index contributed by atoms with van der Waals surface area (Å²) in [6.07, 6.45) is 0.748. The Balaban J connectivity index is 0.000000181. The fourth-order valence-electron chi connectivity index (χ4n) is 1.11. The van der Waals surface area contributed by atoms with Crippen molar-refractivity contribution in [3.63, 3.8) is 0 Å². The highest BCUT2D eigenvalue weighted by Crippen LogP contribution is 2.08. The molecule has 0 aliphatic carbocycles. The van der Waals surface area contributed by atoms with Gasteiger partial charge in [-0.3, -0.25) is 14.9 Å². The van der Waals surface area contributed by atoms with Gasteiger partial charge in [0.1, 0.15) is 5.75 Å². The molecule has 6 nitrogen and oxygen atoms in total.